The first-order valence-electron chi connectivity index (χ1n) is 9.54. The van der Waals surface area contributed by atoms with Crippen molar-refractivity contribution in [3.05, 3.63) is 119 Å². The Morgan fingerprint density at radius 2 is 0.679 bits per heavy atom. The van der Waals surface area contributed by atoms with Crippen molar-refractivity contribution in [1.82, 2.24) is 0 Å². The zero-order valence-corrected chi connectivity index (χ0v) is 17.2. The summed E-state index contributed by atoms with van der Waals surface area (Å²) in [5.41, 5.74) is 9.88. The van der Waals surface area contributed by atoms with Crippen molar-refractivity contribution in [3.8, 4) is 22.3 Å². The molecule has 0 fully saturated rings. The molecule has 0 bridgehead atoms. The molecule has 136 valence electrons. The quantitative estimate of drug-likeness (QED) is 0.326. The monoisotopic (exact) mass is 378 g/mol. The van der Waals surface area contributed by atoms with E-state index in [2.05, 4.69) is 120 Å². The molecule has 0 aliphatic heterocycles. The van der Waals surface area contributed by atoms with Gasteiger partial charge in [-0.15, -0.1) is 8.86 Å². The maximum Gasteiger partial charge on any atom is 0.00893 e. The van der Waals surface area contributed by atoms with E-state index in [0.717, 1.165) is 5.29 Å². The molecule has 4 rings (SSSR count). The fraction of sp³-hybridized carbons (Fsp3) is 0.0741. The van der Waals surface area contributed by atoms with E-state index in [0.29, 0.717) is 0 Å². The minimum absolute atomic E-state index is 1.10. The summed E-state index contributed by atoms with van der Waals surface area (Å²) in [4.78, 5) is 0. The van der Waals surface area contributed by atoms with Gasteiger partial charge in [-0.2, -0.15) is 0 Å². The Kier molecular flexibility index (Phi) is 5.24. The molecule has 0 N–H and O–H groups in total. The van der Waals surface area contributed by atoms with Gasteiger partial charge in [0.2, 0.25) is 0 Å². The van der Waals surface area contributed by atoms with Gasteiger partial charge in [0.1, 0.15) is 0 Å². The van der Waals surface area contributed by atoms with Crippen molar-refractivity contribution in [1.29, 1.82) is 0 Å². The normalized spacial score (nSPS) is 10.6. The van der Waals surface area contributed by atoms with E-state index in [-0.39, 0.29) is 0 Å². The lowest BCUT2D eigenvalue weighted by Crippen LogP contribution is -1.99. The molecule has 28 heavy (non-hydrogen) atoms. The molecule has 0 saturated carbocycles. The molecule has 0 nitrogen and oxygen atoms in total. The van der Waals surface area contributed by atoms with Crippen LogP contribution in [0.25, 0.3) is 22.3 Å². The molecular formula is C27H23P. The van der Waals surface area contributed by atoms with Gasteiger partial charge in [0.15, 0.2) is 0 Å². The zero-order chi connectivity index (χ0) is 19.5. The first-order valence-corrected chi connectivity index (χ1v) is 10.0. The van der Waals surface area contributed by atoms with Gasteiger partial charge in [0, 0.05) is 5.29 Å². The van der Waals surface area contributed by atoms with Crippen LogP contribution in [0.5, 0.6) is 0 Å². The molecule has 0 saturated heterocycles. The standard InChI is InChI=1S/C27H23P/c1-19-3-7-21(8-4-19)23-11-15-25(16-12-23)27(28)26-17-13-24(14-18-26)22-9-5-20(2)6-10-22/h3-18,28H,1-2H3. The Balaban J connectivity index is 1.54. The van der Waals surface area contributed by atoms with Gasteiger partial charge in [-0.25, -0.2) is 0 Å². The second-order valence-corrected chi connectivity index (χ2v) is 7.76. The highest BCUT2D eigenvalue weighted by molar-refractivity contribution is 7.23. The number of hydrogen-bond donors (Lipinski definition) is 0. The topological polar surface area (TPSA) is 0 Å². The Morgan fingerprint density at radius 1 is 0.429 bits per heavy atom. The van der Waals surface area contributed by atoms with E-state index < -0.39 is 0 Å². The third-order valence-electron chi connectivity index (χ3n) is 5.12. The van der Waals surface area contributed by atoms with E-state index in [1.54, 1.807) is 0 Å². The van der Waals surface area contributed by atoms with Gasteiger partial charge >= 0.3 is 0 Å². The summed E-state index contributed by atoms with van der Waals surface area (Å²) in [6, 6.07) is 34.7. The van der Waals surface area contributed by atoms with Crippen LogP contribution in [-0.4, -0.2) is 5.29 Å². The van der Waals surface area contributed by atoms with Crippen molar-refractivity contribution in [2.45, 2.75) is 13.8 Å². The number of rotatable bonds is 4. The van der Waals surface area contributed by atoms with Crippen LogP contribution in [0.2, 0.25) is 0 Å². The second kappa shape index (κ2) is 7.97. The van der Waals surface area contributed by atoms with E-state index in [9.17, 15) is 0 Å². The van der Waals surface area contributed by atoms with E-state index >= 15 is 0 Å². The van der Waals surface area contributed by atoms with Crippen molar-refractivity contribution >= 4 is 14.2 Å². The lowest BCUT2D eigenvalue weighted by molar-refractivity contribution is 1.47. The number of hydrogen-bond acceptors (Lipinski definition) is 0. The van der Waals surface area contributed by atoms with Gasteiger partial charge in [0.05, 0.1) is 0 Å². The van der Waals surface area contributed by atoms with Crippen LogP contribution in [-0.2, 0) is 0 Å². The van der Waals surface area contributed by atoms with Crippen molar-refractivity contribution < 1.29 is 0 Å². The molecule has 4 aromatic rings. The molecule has 0 spiro atoms. The largest absolute Gasteiger partial charge is 0.113 e. The first-order chi connectivity index (χ1) is 13.6. The molecule has 0 atom stereocenters. The van der Waals surface area contributed by atoms with Gasteiger partial charge < -0.3 is 0 Å². The molecule has 4 aromatic carbocycles. The minimum Gasteiger partial charge on any atom is -0.113 e. The van der Waals surface area contributed by atoms with Crippen LogP contribution in [0.1, 0.15) is 22.3 Å². The molecule has 0 aliphatic rings. The van der Waals surface area contributed by atoms with Crippen LogP contribution in [0.15, 0.2) is 97.1 Å². The van der Waals surface area contributed by atoms with Gasteiger partial charge in [-0.05, 0) is 47.2 Å². The van der Waals surface area contributed by atoms with Gasteiger partial charge in [-0.1, -0.05) is 108 Å². The Bertz CT molecular complexity index is 994. The third-order valence-corrected chi connectivity index (χ3v) is 5.69. The summed E-state index contributed by atoms with van der Waals surface area (Å²) in [5, 5.41) is 1.10. The second-order valence-electron chi connectivity index (χ2n) is 7.26. The lowest BCUT2D eigenvalue weighted by Gasteiger charge is -2.09. The molecule has 0 aliphatic carbocycles. The summed E-state index contributed by atoms with van der Waals surface area (Å²) >= 11 is 0. The van der Waals surface area contributed by atoms with Crippen molar-refractivity contribution in [3.63, 3.8) is 0 Å². The Labute approximate surface area is 169 Å². The lowest BCUT2D eigenvalue weighted by atomic mass is 9.98. The highest BCUT2D eigenvalue weighted by Gasteiger charge is 2.05. The number of benzene rings is 4. The summed E-state index contributed by atoms with van der Waals surface area (Å²) in [7, 11) is 3.85. The van der Waals surface area contributed by atoms with E-state index in [4.69, 9.17) is 0 Å². The summed E-state index contributed by atoms with van der Waals surface area (Å²) in [6.07, 6.45) is 0. The van der Waals surface area contributed by atoms with Crippen LogP contribution < -0.4 is 0 Å². The fourth-order valence-corrected chi connectivity index (χ4v) is 3.65. The zero-order valence-electron chi connectivity index (χ0n) is 16.2. The summed E-state index contributed by atoms with van der Waals surface area (Å²) < 4.78 is 0. The average Bonchev–Trinajstić information content (AvgIpc) is 2.75. The van der Waals surface area contributed by atoms with E-state index in [1.807, 2.05) is 0 Å². The smallest absolute Gasteiger partial charge is 0.00893 e. The van der Waals surface area contributed by atoms with Crippen LogP contribution in [0.4, 0.5) is 0 Å². The molecular weight excluding hydrogens is 355 g/mol. The van der Waals surface area contributed by atoms with Crippen LogP contribution >= 0.6 is 8.86 Å². The Morgan fingerprint density at radius 3 is 0.964 bits per heavy atom. The van der Waals surface area contributed by atoms with Gasteiger partial charge in [0.25, 0.3) is 0 Å². The maximum absolute atomic E-state index is 3.85. The molecule has 0 amide bonds. The van der Waals surface area contributed by atoms with Crippen molar-refractivity contribution in [2.24, 2.45) is 0 Å². The van der Waals surface area contributed by atoms with E-state index in [1.165, 1.54) is 44.5 Å². The molecule has 0 radical (unpaired) electrons. The summed E-state index contributed by atoms with van der Waals surface area (Å²) in [6.45, 7) is 4.23. The summed E-state index contributed by atoms with van der Waals surface area (Å²) in [5.74, 6) is 0. The molecule has 0 unspecified atom stereocenters. The highest BCUT2D eigenvalue weighted by atomic mass is 31.0. The van der Waals surface area contributed by atoms with Crippen molar-refractivity contribution in [2.75, 3.05) is 0 Å². The van der Waals surface area contributed by atoms with Crippen LogP contribution in [0, 0.1) is 13.8 Å². The highest BCUT2D eigenvalue weighted by Crippen LogP contribution is 2.24. The maximum atomic E-state index is 3.85. The Hall–Kier alpha value is -2.95. The van der Waals surface area contributed by atoms with Gasteiger partial charge in [-0.3, -0.25) is 0 Å². The number of aryl methyl sites for hydroxylation is 2. The predicted octanol–water partition coefficient (Wildman–Crippen LogP) is 7.35. The fourth-order valence-electron chi connectivity index (χ4n) is 3.32. The molecule has 1 heteroatoms. The average molecular weight is 378 g/mol. The molecule has 0 aromatic heterocycles. The first kappa shape index (κ1) is 18.4. The molecule has 0 heterocycles. The minimum atomic E-state index is 1.10. The van der Waals surface area contributed by atoms with Crippen LogP contribution in [0.3, 0.4) is 0 Å². The predicted molar refractivity (Wildman–Crippen MR) is 125 cm³/mol. The SMILES string of the molecule is Cc1ccc(-c2ccc(C(=P)c3ccc(-c4ccc(C)cc4)cc3)cc2)cc1. The third kappa shape index (κ3) is 3.98.